The van der Waals surface area contributed by atoms with Crippen LogP contribution in [-0.4, -0.2) is 18.0 Å². The molecule has 1 aromatic heterocycles. The lowest BCUT2D eigenvalue weighted by Crippen LogP contribution is -2.57. The lowest BCUT2D eigenvalue weighted by atomic mass is 9.90. The number of amides is 1. The third-order valence-corrected chi connectivity index (χ3v) is 4.84. The minimum atomic E-state index is -0.390. The Balaban J connectivity index is 1.98. The lowest BCUT2D eigenvalue weighted by Gasteiger charge is -2.34. The number of piperidine rings is 1. The second-order valence-electron chi connectivity index (χ2n) is 5.36. The smallest absolute Gasteiger partial charge is 0.240 e. The molecule has 0 aromatic carbocycles. The Bertz CT molecular complexity index is 421. The van der Waals surface area contributed by atoms with Crippen molar-refractivity contribution >= 4 is 17.2 Å². The molecule has 3 nitrogen and oxygen atoms in total. The van der Waals surface area contributed by atoms with Gasteiger partial charge in [-0.15, -0.1) is 11.3 Å². The van der Waals surface area contributed by atoms with Crippen LogP contribution in [0.4, 0.5) is 0 Å². The second kappa shape index (κ2) is 5.41. The van der Waals surface area contributed by atoms with Gasteiger partial charge in [0.2, 0.25) is 5.91 Å². The minimum Gasteiger partial charge on any atom is -0.347 e. The number of aryl methyl sites for hydroxylation is 1. The molecule has 2 unspecified atom stereocenters. The van der Waals surface area contributed by atoms with Crippen LogP contribution in [-0.2, 0) is 4.79 Å². The van der Waals surface area contributed by atoms with E-state index in [4.69, 9.17) is 0 Å². The molecule has 0 radical (unpaired) electrons. The third-order valence-electron chi connectivity index (χ3n) is 3.66. The van der Waals surface area contributed by atoms with Crippen molar-refractivity contribution in [3.63, 3.8) is 0 Å². The number of carbonyl (C=O) groups excluding carboxylic acids is 1. The highest BCUT2D eigenvalue weighted by Crippen LogP contribution is 2.24. The van der Waals surface area contributed by atoms with E-state index in [1.54, 1.807) is 11.3 Å². The molecule has 1 aromatic rings. The Labute approximate surface area is 113 Å². The average Bonchev–Trinajstić information content (AvgIpc) is 2.77. The van der Waals surface area contributed by atoms with E-state index < -0.39 is 5.54 Å². The Hall–Kier alpha value is -0.870. The van der Waals surface area contributed by atoms with Gasteiger partial charge in [0.05, 0.1) is 11.6 Å². The van der Waals surface area contributed by atoms with E-state index in [-0.39, 0.29) is 11.9 Å². The van der Waals surface area contributed by atoms with E-state index in [1.165, 1.54) is 16.2 Å². The van der Waals surface area contributed by atoms with Gasteiger partial charge >= 0.3 is 0 Å². The van der Waals surface area contributed by atoms with Gasteiger partial charge in [0, 0.05) is 9.75 Å². The van der Waals surface area contributed by atoms with Gasteiger partial charge in [0.1, 0.15) is 0 Å². The number of hydrogen-bond donors (Lipinski definition) is 2. The molecule has 0 spiro atoms. The molecule has 18 heavy (non-hydrogen) atoms. The number of carbonyl (C=O) groups is 1. The fourth-order valence-corrected chi connectivity index (χ4v) is 3.24. The zero-order valence-electron chi connectivity index (χ0n) is 11.4. The molecule has 1 aliphatic rings. The average molecular weight is 266 g/mol. The standard InChI is InChI=1S/C14H22N2OS/c1-10-6-7-12(18-10)11(2)16-13(17)14(3)8-4-5-9-15-14/h6-7,11,15H,4-5,8-9H2,1-3H3,(H,16,17). The first-order valence-electron chi connectivity index (χ1n) is 6.63. The molecule has 0 saturated carbocycles. The number of rotatable bonds is 3. The van der Waals surface area contributed by atoms with E-state index in [0.717, 1.165) is 19.4 Å². The van der Waals surface area contributed by atoms with E-state index in [2.05, 4.69) is 36.6 Å². The molecular formula is C14H22N2OS. The van der Waals surface area contributed by atoms with Crippen LogP contribution in [0, 0.1) is 6.92 Å². The molecular weight excluding hydrogens is 244 g/mol. The first-order chi connectivity index (χ1) is 8.51. The summed E-state index contributed by atoms with van der Waals surface area (Å²) in [7, 11) is 0. The first-order valence-corrected chi connectivity index (χ1v) is 7.45. The summed E-state index contributed by atoms with van der Waals surface area (Å²) in [4.78, 5) is 14.8. The van der Waals surface area contributed by atoms with Crippen LogP contribution in [0.1, 0.15) is 48.9 Å². The van der Waals surface area contributed by atoms with Crippen LogP contribution in [0.25, 0.3) is 0 Å². The van der Waals surface area contributed by atoms with Gasteiger partial charge in [-0.05, 0) is 58.7 Å². The van der Waals surface area contributed by atoms with E-state index in [1.807, 2.05) is 6.92 Å². The van der Waals surface area contributed by atoms with Crippen molar-refractivity contribution in [3.8, 4) is 0 Å². The van der Waals surface area contributed by atoms with Gasteiger partial charge in [-0.3, -0.25) is 4.79 Å². The second-order valence-corrected chi connectivity index (χ2v) is 6.68. The van der Waals surface area contributed by atoms with Crippen molar-refractivity contribution in [3.05, 3.63) is 21.9 Å². The first kappa shape index (κ1) is 13.6. The van der Waals surface area contributed by atoms with Crippen molar-refractivity contribution in [2.24, 2.45) is 0 Å². The van der Waals surface area contributed by atoms with Gasteiger partial charge in [0.15, 0.2) is 0 Å². The van der Waals surface area contributed by atoms with Crippen LogP contribution >= 0.6 is 11.3 Å². The predicted octanol–water partition coefficient (Wildman–Crippen LogP) is 2.77. The molecule has 2 atom stereocenters. The summed E-state index contributed by atoms with van der Waals surface area (Å²) in [6.45, 7) is 7.09. The monoisotopic (exact) mass is 266 g/mol. The highest BCUT2D eigenvalue weighted by Gasteiger charge is 2.34. The van der Waals surface area contributed by atoms with Crippen LogP contribution in [0.5, 0.6) is 0 Å². The molecule has 100 valence electrons. The summed E-state index contributed by atoms with van der Waals surface area (Å²) < 4.78 is 0. The number of nitrogens with one attached hydrogen (secondary N) is 2. The van der Waals surface area contributed by atoms with E-state index >= 15 is 0 Å². The largest absolute Gasteiger partial charge is 0.347 e. The normalized spacial score (nSPS) is 25.7. The predicted molar refractivity (Wildman–Crippen MR) is 75.9 cm³/mol. The zero-order valence-corrected chi connectivity index (χ0v) is 12.2. The third kappa shape index (κ3) is 2.93. The number of hydrogen-bond acceptors (Lipinski definition) is 3. The molecule has 0 aliphatic carbocycles. The molecule has 1 fully saturated rings. The fraction of sp³-hybridized carbons (Fsp3) is 0.643. The van der Waals surface area contributed by atoms with Crippen molar-refractivity contribution in [2.75, 3.05) is 6.54 Å². The molecule has 2 heterocycles. The Morgan fingerprint density at radius 2 is 2.28 bits per heavy atom. The van der Waals surface area contributed by atoms with E-state index in [0.29, 0.717) is 0 Å². The topological polar surface area (TPSA) is 41.1 Å². The van der Waals surface area contributed by atoms with Crippen LogP contribution in [0.15, 0.2) is 12.1 Å². The summed E-state index contributed by atoms with van der Waals surface area (Å²) >= 11 is 1.75. The molecule has 4 heteroatoms. The maximum atomic E-state index is 12.3. The lowest BCUT2D eigenvalue weighted by molar-refractivity contribution is -0.128. The summed E-state index contributed by atoms with van der Waals surface area (Å²) in [5.74, 6) is 0.126. The van der Waals surface area contributed by atoms with Crippen LogP contribution in [0.3, 0.4) is 0 Å². The van der Waals surface area contributed by atoms with Crippen LogP contribution in [0.2, 0.25) is 0 Å². The quantitative estimate of drug-likeness (QED) is 0.883. The minimum absolute atomic E-state index is 0.0942. The Kier molecular flexibility index (Phi) is 4.07. The number of thiophene rings is 1. The van der Waals surface area contributed by atoms with Crippen molar-refractivity contribution in [1.82, 2.24) is 10.6 Å². The van der Waals surface area contributed by atoms with Gasteiger partial charge < -0.3 is 10.6 Å². The van der Waals surface area contributed by atoms with Crippen LogP contribution < -0.4 is 10.6 Å². The van der Waals surface area contributed by atoms with Gasteiger partial charge in [-0.1, -0.05) is 0 Å². The molecule has 2 N–H and O–H groups in total. The fourth-order valence-electron chi connectivity index (χ4n) is 2.36. The molecule has 2 rings (SSSR count). The maximum Gasteiger partial charge on any atom is 0.240 e. The van der Waals surface area contributed by atoms with Gasteiger partial charge in [0.25, 0.3) is 0 Å². The van der Waals surface area contributed by atoms with Gasteiger partial charge in [-0.2, -0.15) is 0 Å². The maximum absolute atomic E-state index is 12.3. The highest BCUT2D eigenvalue weighted by molar-refractivity contribution is 7.12. The van der Waals surface area contributed by atoms with Gasteiger partial charge in [-0.25, -0.2) is 0 Å². The molecule has 0 bridgehead atoms. The van der Waals surface area contributed by atoms with Crippen molar-refractivity contribution < 1.29 is 4.79 Å². The Morgan fingerprint density at radius 1 is 1.50 bits per heavy atom. The summed E-state index contributed by atoms with van der Waals surface area (Å²) in [6, 6.07) is 4.29. The summed E-state index contributed by atoms with van der Waals surface area (Å²) in [6.07, 6.45) is 3.22. The summed E-state index contributed by atoms with van der Waals surface area (Å²) in [5.41, 5.74) is -0.390. The van der Waals surface area contributed by atoms with E-state index in [9.17, 15) is 4.79 Å². The molecule has 1 saturated heterocycles. The summed E-state index contributed by atoms with van der Waals surface area (Å²) in [5, 5.41) is 6.48. The zero-order chi connectivity index (χ0) is 13.2. The van der Waals surface area contributed by atoms with Crippen molar-refractivity contribution in [1.29, 1.82) is 0 Å². The Morgan fingerprint density at radius 3 is 2.83 bits per heavy atom. The SMILES string of the molecule is Cc1ccc(C(C)NC(=O)C2(C)CCCCN2)s1. The molecule has 1 amide bonds. The molecule has 1 aliphatic heterocycles. The highest BCUT2D eigenvalue weighted by atomic mass is 32.1. The van der Waals surface area contributed by atoms with Crippen molar-refractivity contribution in [2.45, 2.75) is 51.6 Å².